The second kappa shape index (κ2) is 5.14. The first-order chi connectivity index (χ1) is 7.51. The lowest BCUT2D eigenvalue weighted by atomic mass is 10.0. The molecule has 0 amide bonds. The molecule has 16 heavy (non-hydrogen) atoms. The molecule has 0 heterocycles. The monoisotopic (exact) mass is 229 g/mol. The van der Waals surface area contributed by atoms with Crippen LogP contribution in [0.2, 0.25) is 0 Å². The lowest BCUT2D eigenvalue weighted by Crippen LogP contribution is -2.24. The van der Waals surface area contributed by atoms with Crippen molar-refractivity contribution >= 4 is 0 Å². The maximum Gasteiger partial charge on any atom is 0.206 e. The predicted octanol–water partition coefficient (Wildman–Crippen LogP) is 1.22. The summed E-state index contributed by atoms with van der Waals surface area (Å²) in [7, 11) is 2.69. The number of aliphatic hydroxyl groups is 1. The van der Waals surface area contributed by atoms with Crippen molar-refractivity contribution in [3.63, 3.8) is 0 Å². The number of hydrogen-bond acceptors (Lipinski definition) is 4. The number of ether oxygens (including phenoxy) is 2. The Balaban J connectivity index is 3.21. The molecule has 0 aromatic heterocycles. The van der Waals surface area contributed by atoms with Crippen molar-refractivity contribution < 1.29 is 19.0 Å². The molecule has 0 aliphatic heterocycles. The van der Waals surface area contributed by atoms with E-state index in [2.05, 4.69) is 0 Å². The summed E-state index contributed by atoms with van der Waals surface area (Å²) < 4.78 is 23.3. The zero-order chi connectivity index (χ0) is 12.3. The Morgan fingerprint density at radius 2 is 1.69 bits per heavy atom. The van der Waals surface area contributed by atoms with Gasteiger partial charge in [-0.15, -0.1) is 0 Å². The van der Waals surface area contributed by atoms with E-state index in [1.165, 1.54) is 26.4 Å². The van der Waals surface area contributed by atoms with Gasteiger partial charge in [0.2, 0.25) is 5.82 Å². The van der Waals surface area contributed by atoms with Crippen LogP contribution in [0.5, 0.6) is 11.5 Å². The van der Waals surface area contributed by atoms with Gasteiger partial charge in [-0.25, -0.2) is 0 Å². The van der Waals surface area contributed by atoms with Gasteiger partial charge in [0.15, 0.2) is 11.5 Å². The van der Waals surface area contributed by atoms with Crippen molar-refractivity contribution in [3.05, 3.63) is 23.5 Å². The summed E-state index contributed by atoms with van der Waals surface area (Å²) in [5.74, 6) is -0.547. The van der Waals surface area contributed by atoms with Crippen molar-refractivity contribution in [3.8, 4) is 11.5 Å². The highest BCUT2D eigenvalue weighted by molar-refractivity contribution is 5.41. The molecule has 0 aliphatic rings. The van der Waals surface area contributed by atoms with E-state index in [4.69, 9.17) is 15.2 Å². The second-order valence-electron chi connectivity index (χ2n) is 3.54. The van der Waals surface area contributed by atoms with Gasteiger partial charge in [0.25, 0.3) is 0 Å². The maximum absolute atomic E-state index is 13.6. The molecule has 0 aliphatic carbocycles. The summed E-state index contributed by atoms with van der Waals surface area (Å²) in [5, 5.41) is 9.77. The molecule has 5 heteroatoms. The summed E-state index contributed by atoms with van der Waals surface area (Å²) in [6.07, 6.45) is -0.886. The highest BCUT2D eigenvalue weighted by atomic mass is 19.1. The SMILES string of the molecule is COc1cc([C@H](O)[C@@H](C)N)cc(OC)c1F. The summed E-state index contributed by atoms with van der Waals surface area (Å²) in [5.41, 5.74) is 6.03. The number of nitrogens with two attached hydrogens (primary N) is 1. The van der Waals surface area contributed by atoms with E-state index < -0.39 is 18.0 Å². The zero-order valence-electron chi connectivity index (χ0n) is 9.53. The van der Waals surface area contributed by atoms with Crippen LogP contribution < -0.4 is 15.2 Å². The minimum atomic E-state index is -0.886. The van der Waals surface area contributed by atoms with E-state index >= 15 is 0 Å². The number of aliphatic hydroxyl groups excluding tert-OH is 1. The van der Waals surface area contributed by atoms with Gasteiger partial charge in [-0.05, 0) is 24.6 Å². The molecule has 0 unspecified atom stereocenters. The number of rotatable bonds is 4. The molecule has 0 saturated carbocycles. The fourth-order valence-electron chi connectivity index (χ4n) is 1.36. The van der Waals surface area contributed by atoms with Gasteiger partial charge < -0.3 is 20.3 Å². The smallest absolute Gasteiger partial charge is 0.206 e. The lowest BCUT2D eigenvalue weighted by Gasteiger charge is -2.17. The third kappa shape index (κ3) is 2.43. The first kappa shape index (κ1) is 12.7. The van der Waals surface area contributed by atoms with Crippen LogP contribution in [0, 0.1) is 5.82 Å². The highest BCUT2D eigenvalue weighted by Gasteiger charge is 2.18. The Labute approximate surface area is 93.8 Å². The Kier molecular flexibility index (Phi) is 4.09. The van der Waals surface area contributed by atoms with Crippen LogP contribution >= 0.6 is 0 Å². The minimum Gasteiger partial charge on any atom is -0.494 e. The first-order valence-electron chi connectivity index (χ1n) is 4.86. The van der Waals surface area contributed by atoms with Crippen LogP contribution in [0.1, 0.15) is 18.6 Å². The Hall–Kier alpha value is -1.33. The molecule has 1 rings (SSSR count). The van der Waals surface area contributed by atoms with Crippen LogP contribution in [-0.4, -0.2) is 25.4 Å². The molecule has 0 fully saturated rings. The Morgan fingerprint density at radius 3 is 2.00 bits per heavy atom. The standard InChI is InChI=1S/C11H16FNO3/c1-6(13)11(14)7-4-8(15-2)10(12)9(5-7)16-3/h4-6,11,14H,13H2,1-3H3/t6-,11-/m1/s1. The molecule has 0 saturated heterocycles. The van der Waals surface area contributed by atoms with Gasteiger partial charge >= 0.3 is 0 Å². The molecule has 4 nitrogen and oxygen atoms in total. The average molecular weight is 229 g/mol. The van der Waals surface area contributed by atoms with Crippen molar-refractivity contribution in [2.45, 2.75) is 19.1 Å². The maximum atomic E-state index is 13.6. The molecular formula is C11H16FNO3. The van der Waals surface area contributed by atoms with E-state index in [9.17, 15) is 9.50 Å². The van der Waals surface area contributed by atoms with Gasteiger partial charge in [0, 0.05) is 6.04 Å². The van der Waals surface area contributed by atoms with Crippen LogP contribution in [0.3, 0.4) is 0 Å². The number of benzene rings is 1. The zero-order valence-corrected chi connectivity index (χ0v) is 9.53. The van der Waals surface area contributed by atoms with E-state index in [0.717, 1.165) is 0 Å². The average Bonchev–Trinajstić information content (AvgIpc) is 2.28. The number of hydrogen-bond donors (Lipinski definition) is 2. The molecule has 0 radical (unpaired) electrons. The van der Waals surface area contributed by atoms with Gasteiger partial charge in [0.1, 0.15) is 0 Å². The lowest BCUT2D eigenvalue weighted by molar-refractivity contribution is 0.152. The molecule has 1 aromatic carbocycles. The molecule has 2 atom stereocenters. The third-order valence-electron chi connectivity index (χ3n) is 2.31. The van der Waals surface area contributed by atoms with Crippen molar-refractivity contribution in [2.24, 2.45) is 5.73 Å². The predicted molar refractivity (Wildman–Crippen MR) is 58.1 cm³/mol. The molecule has 1 aromatic rings. The minimum absolute atomic E-state index is 0.0223. The van der Waals surface area contributed by atoms with Crippen LogP contribution in [0.15, 0.2) is 12.1 Å². The molecular weight excluding hydrogens is 213 g/mol. The second-order valence-corrected chi connectivity index (χ2v) is 3.54. The van der Waals surface area contributed by atoms with E-state index in [1.54, 1.807) is 6.92 Å². The molecule has 3 N–H and O–H groups in total. The van der Waals surface area contributed by atoms with E-state index in [-0.39, 0.29) is 11.5 Å². The van der Waals surface area contributed by atoms with E-state index in [1.807, 2.05) is 0 Å². The fraction of sp³-hybridized carbons (Fsp3) is 0.455. The summed E-state index contributed by atoms with van der Waals surface area (Å²) >= 11 is 0. The molecule has 0 bridgehead atoms. The third-order valence-corrected chi connectivity index (χ3v) is 2.31. The van der Waals surface area contributed by atoms with Crippen molar-refractivity contribution in [1.82, 2.24) is 0 Å². The first-order valence-corrected chi connectivity index (χ1v) is 4.86. The number of methoxy groups -OCH3 is 2. The Bertz CT molecular complexity index is 343. The van der Waals surface area contributed by atoms with Gasteiger partial charge in [-0.3, -0.25) is 0 Å². The fourth-order valence-corrected chi connectivity index (χ4v) is 1.36. The highest BCUT2D eigenvalue weighted by Crippen LogP contribution is 2.31. The normalized spacial score (nSPS) is 14.4. The van der Waals surface area contributed by atoms with Crippen LogP contribution in [0.4, 0.5) is 4.39 Å². The largest absolute Gasteiger partial charge is 0.494 e. The summed E-state index contributed by atoms with van der Waals surface area (Å²) in [6.45, 7) is 1.66. The van der Waals surface area contributed by atoms with Gasteiger partial charge in [0.05, 0.1) is 20.3 Å². The summed E-state index contributed by atoms with van der Waals surface area (Å²) in [4.78, 5) is 0. The topological polar surface area (TPSA) is 64.7 Å². The van der Waals surface area contributed by atoms with Crippen molar-refractivity contribution in [1.29, 1.82) is 0 Å². The summed E-state index contributed by atoms with van der Waals surface area (Å²) in [6, 6.07) is 2.36. The van der Waals surface area contributed by atoms with E-state index in [0.29, 0.717) is 5.56 Å². The molecule has 90 valence electrons. The van der Waals surface area contributed by atoms with Crippen LogP contribution in [-0.2, 0) is 0 Å². The quantitative estimate of drug-likeness (QED) is 0.814. The molecule has 0 spiro atoms. The van der Waals surface area contributed by atoms with Gasteiger partial charge in [-0.2, -0.15) is 4.39 Å². The number of halogens is 1. The van der Waals surface area contributed by atoms with Crippen LogP contribution in [0.25, 0.3) is 0 Å². The van der Waals surface area contributed by atoms with Gasteiger partial charge in [-0.1, -0.05) is 0 Å². The Morgan fingerprint density at radius 1 is 1.25 bits per heavy atom. The van der Waals surface area contributed by atoms with Crippen molar-refractivity contribution in [2.75, 3.05) is 14.2 Å².